The molecule has 6 aromatic rings. The molecule has 1 aliphatic rings. The molecule has 10 bridgehead atoms. The fourth-order valence-corrected chi connectivity index (χ4v) is 8.98. The third kappa shape index (κ3) is 15.0. The van der Waals surface area contributed by atoms with Crippen LogP contribution in [0.3, 0.4) is 0 Å². The van der Waals surface area contributed by atoms with Gasteiger partial charge in [0.25, 0.3) is 53.2 Å². The summed E-state index contributed by atoms with van der Waals surface area (Å²) in [5, 5.41) is 45.2. The zero-order chi connectivity index (χ0) is 64.6. The second-order valence-corrected chi connectivity index (χ2v) is 20.1. The van der Waals surface area contributed by atoms with Crippen LogP contribution in [-0.4, -0.2) is 125 Å². The zero-order valence-electron chi connectivity index (χ0n) is 47.1. The number of aliphatic hydroxyl groups is 2. The molecule has 456 valence electrons. The van der Waals surface area contributed by atoms with Crippen LogP contribution in [0.4, 0.5) is 0 Å². The van der Waals surface area contributed by atoms with E-state index in [9.17, 15) is 58.2 Å². The summed E-state index contributed by atoms with van der Waals surface area (Å²) in [5.41, 5.74) is 0.510. The summed E-state index contributed by atoms with van der Waals surface area (Å²) in [6, 6.07) is 0.772. The van der Waals surface area contributed by atoms with Crippen molar-refractivity contribution < 1.29 is 76.1 Å². The maximum Gasteiger partial charge on any atom is 0.278 e. The van der Waals surface area contributed by atoms with Crippen LogP contribution in [0.25, 0.3) is 39.1 Å². The number of hydrogen-bond acceptors (Lipinski definition) is 24. The number of nitrogens with one attached hydrogen (secondary N) is 9. The van der Waals surface area contributed by atoms with Crippen LogP contribution in [0.15, 0.2) is 110 Å². The highest BCUT2D eigenvalue weighted by molar-refractivity contribution is 7.13. The topological polar surface area (TPSA) is 471 Å². The molecule has 88 heavy (non-hydrogen) atoms. The van der Waals surface area contributed by atoms with E-state index in [0.29, 0.717) is 0 Å². The second kappa shape index (κ2) is 27.2. The first-order valence-electron chi connectivity index (χ1n) is 25.2. The number of oxazole rings is 3. The number of amides is 10. The number of thiazole rings is 2. The summed E-state index contributed by atoms with van der Waals surface area (Å²) in [5.74, 6) is -11.1. The Morgan fingerprint density at radius 1 is 0.682 bits per heavy atom. The van der Waals surface area contributed by atoms with Gasteiger partial charge >= 0.3 is 0 Å². The van der Waals surface area contributed by atoms with E-state index in [4.69, 9.17) is 23.7 Å². The molecular weight excluding hydrogens is 1190 g/mol. The Balaban J connectivity index is 1.23. The Labute approximate surface area is 504 Å². The van der Waals surface area contributed by atoms with E-state index in [0.717, 1.165) is 35.0 Å². The van der Waals surface area contributed by atoms with Gasteiger partial charge in [-0.3, -0.25) is 47.9 Å². The van der Waals surface area contributed by atoms with Gasteiger partial charge in [-0.1, -0.05) is 39.0 Å². The summed E-state index contributed by atoms with van der Waals surface area (Å²) in [7, 11) is 1.25. The number of methoxy groups -OCH3 is 1. The summed E-state index contributed by atoms with van der Waals surface area (Å²) in [4.78, 5) is 159. The van der Waals surface area contributed by atoms with Gasteiger partial charge in [-0.15, -0.1) is 22.7 Å². The normalized spacial score (nSPS) is 17.0. The van der Waals surface area contributed by atoms with Gasteiger partial charge in [0.2, 0.25) is 23.6 Å². The van der Waals surface area contributed by atoms with E-state index in [1.54, 1.807) is 6.92 Å². The van der Waals surface area contributed by atoms with Crippen molar-refractivity contribution in [1.82, 2.24) is 77.8 Å². The van der Waals surface area contributed by atoms with Gasteiger partial charge < -0.3 is 81.8 Å². The van der Waals surface area contributed by atoms with Crippen molar-refractivity contribution in [3.8, 4) is 22.0 Å². The van der Waals surface area contributed by atoms with Crippen LogP contribution in [0.2, 0.25) is 0 Å². The van der Waals surface area contributed by atoms with E-state index in [-0.39, 0.29) is 96.0 Å². The number of rotatable bonds is 10. The van der Waals surface area contributed by atoms with Crippen molar-refractivity contribution in [2.75, 3.05) is 7.11 Å². The zero-order valence-corrected chi connectivity index (χ0v) is 48.7. The number of carbonyl (C=O) groups is 10. The molecule has 10 amide bonds. The number of ether oxygens (including phenoxy) is 1. The van der Waals surface area contributed by atoms with Crippen molar-refractivity contribution in [3.05, 3.63) is 160 Å². The van der Waals surface area contributed by atoms with Crippen molar-refractivity contribution in [2.45, 2.75) is 59.1 Å². The number of pyridine rings is 1. The molecule has 7 heterocycles. The molecule has 4 unspecified atom stereocenters. The molecule has 6 aromatic heterocycles. The van der Waals surface area contributed by atoms with Crippen LogP contribution in [0, 0.1) is 13.8 Å². The number of fused-ring (bicyclic) bond motifs is 13. The largest absolute Gasteiger partial charge is 0.443 e. The number of nitrogens with zero attached hydrogens (tertiary/aromatic N) is 6. The molecule has 32 nitrogen and oxygen atoms in total. The Kier molecular flexibility index (Phi) is 19.9. The van der Waals surface area contributed by atoms with E-state index < -0.39 is 112 Å². The molecule has 0 saturated heterocycles. The SMILES string of the molecule is C=C(NC(=O)C(=C)NC(=O)C(=C)NC(=O)c1ccc2c(n1)-c1coc(n1)C(=C)NC(=O)C(=C)NC(=O)c1nc(oc1C)/C(=C/C)NC(=O)c1csc(n1)C(OC)NC(=O)c1nc(oc1C)/C(=C/C(C)O)NC(=O)C(C(C)O)NC(=O)c1csc-2n1)C(N)=O. The molecule has 0 saturated carbocycles. The van der Waals surface area contributed by atoms with Crippen LogP contribution in [0.5, 0.6) is 0 Å². The molecule has 0 aromatic carbocycles. The van der Waals surface area contributed by atoms with Crippen molar-refractivity contribution >= 4 is 98.8 Å². The first-order valence-corrected chi connectivity index (χ1v) is 27.0. The number of primary amides is 1. The molecule has 0 aliphatic carbocycles. The fraction of sp³-hybridized carbons (Fsp3) is 0.185. The molecule has 0 radical (unpaired) electrons. The number of aliphatic hydroxyl groups excluding tert-OH is 2. The molecule has 0 fully saturated rings. The maximum absolute atomic E-state index is 14.0. The van der Waals surface area contributed by atoms with Crippen LogP contribution in [-0.2, 0) is 28.7 Å². The van der Waals surface area contributed by atoms with Crippen LogP contribution < -0.4 is 53.6 Å². The standard InChI is InChI=1S/C54H52N16O16S2/c1-12-29-50-68-36(26(9)85-50)47(81)59-23(6)42(76)60-24(7)49-64-32(16-84-49)38-28(13-14-30(61-38)43(77)58-22(5)41(75)57-21(4)40(74)56-20(3)39(55)73)53-65-34(17-87-53)45(79)67-35(25(8)72)46(80)63-31(15-19(2)71)51-69-37(27(10)86-51)48(82)70-52(83-11)54-66-33(18-88-54)44(78)62-29/h12-19,25,35,52,71-72H,3-7H2,1-2,8-11H3,(H2,55,73)(H,56,74)(H,57,75)(H,58,77)(H,59,81)(H,60,76)(H,62,78)(H,63,80)(H,67,79)(H,70,82)/b29-12-,31-15-. The lowest BCUT2D eigenvalue weighted by molar-refractivity contribution is -0.124. The number of allylic oxidation sites excluding steroid dienone is 1. The molecule has 7 rings (SSSR count). The summed E-state index contributed by atoms with van der Waals surface area (Å²) in [6.45, 7) is 24.5. The Hall–Kier alpha value is -11.2. The minimum atomic E-state index is -1.74. The average Bonchev–Trinajstić information content (AvgIpc) is 2.95. The highest BCUT2D eigenvalue weighted by Gasteiger charge is 2.32. The highest BCUT2D eigenvalue weighted by atomic mass is 32.1. The average molecular weight is 1250 g/mol. The van der Waals surface area contributed by atoms with Crippen LogP contribution in [0.1, 0.15) is 114 Å². The Bertz CT molecular complexity index is 4030. The first kappa shape index (κ1) is 64.4. The molecule has 13 N–H and O–H groups in total. The lowest BCUT2D eigenvalue weighted by Gasteiger charge is -2.21. The van der Waals surface area contributed by atoms with Crippen molar-refractivity contribution in [1.29, 1.82) is 0 Å². The molecule has 34 heteroatoms. The Morgan fingerprint density at radius 2 is 1.28 bits per heavy atom. The second-order valence-electron chi connectivity index (χ2n) is 18.4. The van der Waals surface area contributed by atoms with E-state index in [1.807, 2.05) is 5.32 Å². The number of aryl methyl sites for hydroxylation is 2. The Morgan fingerprint density at radius 3 is 1.91 bits per heavy atom. The van der Waals surface area contributed by atoms with Gasteiger partial charge in [0, 0.05) is 23.4 Å². The lowest BCUT2D eigenvalue weighted by atomic mass is 10.1. The van der Waals surface area contributed by atoms with Crippen LogP contribution >= 0.6 is 22.7 Å². The van der Waals surface area contributed by atoms with Crippen molar-refractivity contribution in [2.24, 2.45) is 5.73 Å². The lowest BCUT2D eigenvalue weighted by Crippen LogP contribution is -2.52. The minimum absolute atomic E-state index is 0.00328. The maximum atomic E-state index is 14.0. The number of nitrogens with two attached hydrogens (primary N) is 1. The van der Waals surface area contributed by atoms with Gasteiger partial charge in [0.05, 0.1) is 40.7 Å². The molecule has 4 atom stereocenters. The molecular formula is C54H52N16O16S2. The highest BCUT2D eigenvalue weighted by Crippen LogP contribution is 2.34. The van der Waals surface area contributed by atoms with E-state index in [2.05, 4.69) is 105 Å². The quantitative estimate of drug-likeness (QED) is 0.0855. The predicted molar refractivity (Wildman–Crippen MR) is 309 cm³/mol. The third-order valence-corrected chi connectivity index (χ3v) is 13.5. The molecule has 1 aliphatic heterocycles. The number of carbonyl (C=O) groups excluding carboxylic acids is 10. The van der Waals surface area contributed by atoms with E-state index in [1.165, 1.54) is 63.8 Å². The van der Waals surface area contributed by atoms with Gasteiger partial charge in [-0.05, 0) is 52.8 Å². The van der Waals surface area contributed by atoms with E-state index >= 15 is 0 Å². The van der Waals surface area contributed by atoms with Gasteiger partial charge in [-0.25, -0.2) is 29.9 Å². The number of hydrogen-bond donors (Lipinski definition) is 12. The minimum Gasteiger partial charge on any atom is -0.443 e. The van der Waals surface area contributed by atoms with Gasteiger partial charge in [-0.2, -0.15) is 0 Å². The molecule has 0 spiro atoms. The van der Waals surface area contributed by atoms with Crippen molar-refractivity contribution in [3.63, 3.8) is 0 Å². The fourth-order valence-electron chi connectivity index (χ4n) is 7.34. The monoisotopic (exact) mass is 1240 g/mol. The predicted octanol–water partition coefficient (Wildman–Crippen LogP) is 1.13. The number of aromatic nitrogens is 6. The summed E-state index contributed by atoms with van der Waals surface area (Å²) >= 11 is 1.80. The van der Waals surface area contributed by atoms with Gasteiger partial charge in [0.15, 0.2) is 17.6 Å². The third-order valence-electron chi connectivity index (χ3n) is 11.8. The summed E-state index contributed by atoms with van der Waals surface area (Å²) < 4.78 is 22.7. The smallest absolute Gasteiger partial charge is 0.278 e. The van der Waals surface area contributed by atoms with Gasteiger partial charge in [0.1, 0.15) is 73.7 Å². The first-order chi connectivity index (χ1) is 41.6. The summed E-state index contributed by atoms with van der Waals surface area (Å²) in [6.07, 6.45) is -0.570.